The smallest absolute Gasteiger partial charge is 0.327 e. The maximum absolute atomic E-state index is 10.7. The van der Waals surface area contributed by atoms with Gasteiger partial charge >= 0.3 is 5.97 Å². The van der Waals surface area contributed by atoms with Crippen LogP contribution in [0.3, 0.4) is 0 Å². The predicted octanol–water partition coefficient (Wildman–Crippen LogP) is 0.884. The van der Waals surface area contributed by atoms with E-state index in [0.717, 1.165) is 6.08 Å². The Balaban J connectivity index is 3.96. The lowest BCUT2D eigenvalue weighted by Gasteiger charge is -2.15. The van der Waals surface area contributed by atoms with E-state index in [1.165, 1.54) is 6.08 Å². The second-order valence-corrected chi connectivity index (χ2v) is 3.37. The van der Waals surface area contributed by atoms with Gasteiger partial charge in [-0.05, 0) is 6.42 Å². The number of rotatable bonds is 9. The van der Waals surface area contributed by atoms with Crippen LogP contribution in [0.1, 0.15) is 13.3 Å². The third-order valence-electron chi connectivity index (χ3n) is 2.00. The Bertz CT molecular complexity index is 237. The van der Waals surface area contributed by atoms with Gasteiger partial charge in [-0.2, -0.15) is 0 Å². The van der Waals surface area contributed by atoms with E-state index in [1.807, 2.05) is 0 Å². The van der Waals surface area contributed by atoms with Crippen molar-refractivity contribution in [2.24, 2.45) is 5.92 Å². The average molecular weight is 230 g/mol. The maximum Gasteiger partial charge on any atom is 0.327 e. The molecule has 0 aromatic heterocycles. The molecule has 0 radical (unpaired) electrons. The zero-order valence-electron chi connectivity index (χ0n) is 9.59. The number of ether oxygens (including phenoxy) is 2. The topological polar surface area (TPSA) is 72.8 Å². The molecule has 0 bridgehead atoms. The van der Waals surface area contributed by atoms with Gasteiger partial charge in [0.05, 0.1) is 0 Å². The van der Waals surface area contributed by atoms with E-state index in [1.54, 1.807) is 14.0 Å². The van der Waals surface area contributed by atoms with Gasteiger partial charge in [-0.1, -0.05) is 13.0 Å². The summed E-state index contributed by atoms with van der Waals surface area (Å²) in [5.41, 5.74) is 0. The summed E-state index contributed by atoms with van der Waals surface area (Å²) in [6.07, 6.45) is 3.24. The summed E-state index contributed by atoms with van der Waals surface area (Å²) in [4.78, 5) is 21.0. The molecule has 1 N–H and O–H groups in total. The van der Waals surface area contributed by atoms with Gasteiger partial charge in [-0.3, -0.25) is 0 Å². The van der Waals surface area contributed by atoms with Crippen LogP contribution >= 0.6 is 0 Å². The highest BCUT2D eigenvalue weighted by molar-refractivity contribution is 5.79. The minimum atomic E-state index is -1.03. The molecule has 0 heterocycles. The highest BCUT2D eigenvalue weighted by Crippen LogP contribution is 2.07. The van der Waals surface area contributed by atoms with Crippen LogP contribution < -0.4 is 0 Å². The summed E-state index contributed by atoms with van der Waals surface area (Å²) in [5.74, 6) is -1.29. The van der Waals surface area contributed by atoms with Crippen molar-refractivity contribution in [1.29, 1.82) is 0 Å². The quantitative estimate of drug-likeness (QED) is 0.361. The molecule has 0 aliphatic heterocycles. The van der Waals surface area contributed by atoms with E-state index >= 15 is 0 Å². The second kappa shape index (κ2) is 9.06. The van der Waals surface area contributed by atoms with Crippen molar-refractivity contribution < 1.29 is 24.2 Å². The molecule has 0 aliphatic carbocycles. The molecular weight excluding hydrogens is 212 g/mol. The SMILES string of the molecule is COCCCOC(C=O)C(C)/C=C/C(=O)O. The minimum absolute atomic E-state index is 0.254. The maximum atomic E-state index is 10.7. The van der Waals surface area contributed by atoms with E-state index in [0.29, 0.717) is 25.9 Å². The normalized spacial score (nSPS) is 14.9. The van der Waals surface area contributed by atoms with Crippen molar-refractivity contribution in [3.8, 4) is 0 Å². The fraction of sp³-hybridized carbons (Fsp3) is 0.636. The molecule has 5 nitrogen and oxygen atoms in total. The van der Waals surface area contributed by atoms with Gasteiger partial charge in [0.15, 0.2) is 0 Å². The molecule has 5 heteroatoms. The highest BCUT2D eigenvalue weighted by atomic mass is 16.5. The van der Waals surface area contributed by atoms with Crippen LogP contribution in [0.2, 0.25) is 0 Å². The van der Waals surface area contributed by atoms with Gasteiger partial charge in [-0.25, -0.2) is 4.79 Å². The summed E-state index contributed by atoms with van der Waals surface area (Å²) in [7, 11) is 1.59. The van der Waals surface area contributed by atoms with E-state index < -0.39 is 12.1 Å². The first-order chi connectivity index (χ1) is 7.61. The molecule has 0 rings (SSSR count). The number of aldehydes is 1. The van der Waals surface area contributed by atoms with Crippen molar-refractivity contribution >= 4 is 12.3 Å². The van der Waals surface area contributed by atoms with Crippen LogP contribution in [-0.4, -0.2) is 43.8 Å². The third-order valence-corrected chi connectivity index (χ3v) is 2.00. The first-order valence-corrected chi connectivity index (χ1v) is 5.08. The minimum Gasteiger partial charge on any atom is -0.478 e. The average Bonchev–Trinajstić information content (AvgIpc) is 2.26. The Kier molecular flexibility index (Phi) is 8.38. The molecular formula is C11H18O5. The van der Waals surface area contributed by atoms with E-state index in [9.17, 15) is 9.59 Å². The van der Waals surface area contributed by atoms with Crippen LogP contribution in [0.15, 0.2) is 12.2 Å². The summed E-state index contributed by atoms with van der Waals surface area (Å²) in [5, 5.41) is 8.43. The van der Waals surface area contributed by atoms with Gasteiger partial charge in [0.25, 0.3) is 0 Å². The number of carbonyl (C=O) groups excluding carboxylic acids is 1. The fourth-order valence-electron chi connectivity index (χ4n) is 1.08. The lowest BCUT2D eigenvalue weighted by molar-refractivity contribution is -0.131. The summed E-state index contributed by atoms with van der Waals surface area (Å²) in [6.45, 7) is 2.72. The monoisotopic (exact) mass is 230 g/mol. The Morgan fingerprint density at radius 2 is 2.12 bits per heavy atom. The van der Waals surface area contributed by atoms with Crippen LogP contribution in [0.4, 0.5) is 0 Å². The molecule has 0 aliphatic rings. The predicted molar refractivity (Wildman–Crippen MR) is 58.2 cm³/mol. The third kappa shape index (κ3) is 7.14. The van der Waals surface area contributed by atoms with Gasteiger partial charge in [0.1, 0.15) is 12.4 Å². The number of methoxy groups -OCH3 is 1. The molecule has 16 heavy (non-hydrogen) atoms. The van der Waals surface area contributed by atoms with Crippen molar-refractivity contribution in [3.63, 3.8) is 0 Å². The Labute approximate surface area is 95.0 Å². The number of carboxylic acids is 1. The van der Waals surface area contributed by atoms with Gasteiger partial charge in [0.2, 0.25) is 0 Å². The van der Waals surface area contributed by atoms with Crippen LogP contribution in [0, 0.1) is 5.92 Å². The molecule has 2 unspecified atom stereocenters. The van der Waals surface area contributed by atoms with Gasteiger partial charge in [-0.15, -0.1) is 0 Å². The Morgan fingerprint density at radius 1 is 1.44 bits per heavy atom. The van der Waals surface area contributed by atoms with Crippen LogP contribution in [-0.2, 0) is 19.1 Å². The van der Waals surface area contributed by atoms with Crippen molar-refractivity contribution in [2.45, 2.75) is 19.4 Å². The van der Waals surface area contributed by atoms with E-state index in [-0.39, 0.29) is 5.92 Å². The summed E-state index contributed by atoms with van der Waals surface area (Å²) < 4.78 is 10.1. The number of hydrogen-bond acceptors (Lipinski definition) is 4. The lowest BCUT2D eigenvalue weighted by atomic mass is 10.1. The molecule has 92 valence electrons. The molecule has 0 saturated carbocycles. The summed E-state index contributed by atoms with van der Waals surface area (Å²) in [6, 6.07) is 0. The molecule has 0 spiro atoms. The zero-order chi connectivity index (χ0) is 12.4. The Hall–Kier alpha value is -1.20. The largest absolute Gasteiger partial charge is 0.478 e. The molecule has 0 aromatic rings. The molecule has 0 aromatic carbocycles. The van der Waals surface area contributed by atoms with Crippen molar-refractivity contribution in [1.82, 2.24) is 0 Å². The highest BCUT2D eigenvalue weighted by Gasteiger charge is 2.14. The van der Waals surface area contributed by atoms with Crippen molar-refractivity contribution in [3.05, 3.63) is 12.2 Å². The number of aliphatic carboxylic acids is 1. The molecule has 0 amide bonds. The standard InChI is InChI=1S/C11H18O5/c1-9(4-5-11(13)14)10(8-12)16-7-3-6-15-2/h4-5,8-10H,3,6-7H2,1-2H3,(H,13,14)/b5-4+. The Morgan fingerprint density at radius 3 is 2.62 bits per heavy atom. The van der Waals surface area contributed by atoms with Crippen LogP contribution in [0.25, 0.3) is 0 Å². The molecule has 0 fully saturated rings. The first kappa shape index (κ1) is 14.8. The molecule has 2 atom stereocenters. The van der Waals surface area contributed by atoms with Crippen molar-refractivity contribution in [2.75, 3.05) is 20.3 Å². The van der Waals surface area contributed by atoms with E-state index in [2.05, 4.69) is 0 Å². The number of carbonyl (C=O) groups is 2. The fourth-order valence-corrected chi connectivity index (χ4v) is 1.08. The van der Waals surface area contributed by atoms with Gasteiger partial charge < -0.3 is 19.4 Å². The first-order valence-electron chi connectivity index (χ1n) is 5.08. The van der Waals surface area contributed by atoms with Crippen LogP contribution in [0.5, 0.6) is 0 Å². The van der Waals surface area contributed by atoms with E-state index in [4.69, 9.17) is 14.6 Å². The molecule has 0 saturated heterocycles. The summed E-state index contributed by atoms with van der Waals surface area (Å²) >= 11 is 0. The lowest BCUT2D eigenvalue weighted by Crippen LogP contribution is -2.23. The van der Waals surface area contributed by atoms with Gasteiger partial charge in [0, 0.05) is 32.3 Å². The zero-order valence-corrected chi connectivity index (χ0v) is 9.59. The second-order valence-electron chi connectivity index (χ2n) is 3.37. The number of hydrogen-bond donors (Lipinski definition) is 1. The number of carboxylic acid groups (broad SMARTS) is 1.